The number of hydrogen-bond acceptors (Lipinski definition) is 6. The first-order chi connectivity index (χ1) is 15.1. The number of nitrogens with zero attached hydrogens (tertiary/aromatic N) is 1. The van der Waals surface area contributed by atoms with Crippen molar-refractivity contribution >= 4 is 28.8 Å². The second-order valence-electron chi connectivity index (χ2n) is 6.59. The van der Waals surface area contributed by atoms with Crippen LogP contribution in [0.4, 0.5) is 0 Å². The predicted octanol–water partition coefficient (Wildman–Crippen LogP) is 5.57. The number of rotatable bonds is 8. The average molecular weight is 455 g/mol. The van der Waals surface area contributed by atoms with E-state index >= 15 is 0 Å². The highest BCUT2D eigenvalue weighted by Crippen LogP contribution is 2.29. The van der Waals surface area contributed by atoms with Gasteiger partial charge in [0.1, 0.15) is 18.1 Å². The monoisotopic (exact) mass is 454 g/mol. The SMILES string of the molecule is COc1cc(C(=O)NCc2ccc(-c3ccc(Cl)cc3)o2)ccc1OCc1cscn1. The molecule has 4 rings (SSSR count). The maximum atomic E-state index is 12.6. The van der Waals surface area contributed by atoms with Crippen molar-refractivity contribution in [3.63, 3.8) is 0 Å². The molecule has 0 atom stereocenters. The zero-order valence-corrected chi connectivity index (χ0v) is 18.2. The van der Waals surface area contributed by atoms with Crippen molar-refractivity contribution in [2.75, 3.05) is 7.11 Å². The summed E-state index contributed by atoms with van der Waals surface area (Å²) < 4.78 is 17.0. The molecular formula is C23H19ClN2O4S. The van der Waals surface area contributed by atoms with Crippen LogP contribution in [0.3, 0.4) is 0 Å². The molecule has 2 aromatic carbocycles. The zero-order chi connectivity index (χ0) is 21.6. The van der Waals surface area contributed by atoms with Gasteiger partial charge in [-0.1, -0.05) is 11.6 Å². The van der Waals surface area contributed by atoms with Crippen LogP contribution in [0.5, 0.6) is 11.5 Å². The second-order valence-corrected chi connectivity index (χ2v) is 7.74. The van der Waals surface area contributed by atoms with Crippen LogP contribution in [0.1, 0.15) is 21.8 Å². The van der Waals surface area contributed by atoms with Gasteiger partial charge >= 0.3 is 0 Å². The Kier molecular flexibility index (Phi) is 6.54. The van der Waals surface area contributed by atoms with Crippen LogP contribution in [0.15, 0.2) is 69.9 Å². The number of amides is 1. The van der Waals surface area contributed by atoms with Gasteiger partial charge in [0.25, 0.3) is 5.91 Å². The molecule has 0 bridgehead atoms. The van der Waals surface area contributed by atoms with Crippen LogP contribution < -0.4 is 14.8 Å². The number of ether oxygens (including phenoxy) is 2. The second kappa shape index (κ2) is 9.68. The lowest BCUT2D eigenvalue weighted by Crippen LogP contribution is -2.22. The lowest BCUT2D eigenvalue weighted by Gasteiger charge is -2.11. The van der Waals surface area contributed by atoms with Gasteiger partial charge in [-0.15, -0.1) is 11.3 Å². The van der Waals surface area contributed by atoms with Gasteiger partial charge in [-0.2, -0.15) is 0 Å². The number of benzene rings is 2. The van der Waals surface area contributed by atoms with E-state index in [1.165, 1.54) is 18.4 Å². The fraction of sp³-hybridized carbons (Fsp3) is 0.130. The Morgan fingerprint density at radius 3 is 2.71 bits per heavy atom. The van der Waals surface area contributed by atoms with Gasteiger partial charge in [0.05, 0.1) is 24.9 Å². The molecule has 158 valence electrons. The smallest absolute Gasteiger partial charge is 0.251 e. The first kappa shape index (κ1) is 21.0. The van der Waals surface area contributed by atoms with Gasteiger partial charge in [-0.25, -0.2) is 4.98 Å². The molecule has 6 nitrogen and oxygen atoms in total. The molecule has 0 aliphatic heterocycles. The van der Waals surface area contributed by atoms with E-state index < -0.39 is 0 Å². The van der Waals surface area contributed by atoms with Gasteiger partial charge in [-0.05, 0) is 54.6 Å². The van der Waals surface area contributed by atoms with E-state index in [-0.39, 0.29) is 12.5 Å². The van der Waals surface area contributed by atoms with Gasteiger partial charge in [0, 0.05) is 21.5 Å². The Morgan fingerprint density at radius 1 is 1.13 bits per heavy atom. The molecule has 0 aliphatic rings. The van der Waals surface area contributed by atoms with Gasteiger partial charge in [0.15, 0.2) is 11.5 Å². The molecule has 0 radical (unpaired) electrons. The van der Waals surface area contributed by atoms with Crippen LogP contribution >= 0.6 is 22.9 Å². The Labute approximate surface area is 188 Å². The number of methoxy groups -OCH3 is 1. The summed E-state index contributed by atoms with van der Waals surface area (Å²) >= 11 is 7.43. The van der Waals surface area contributed by atoms with Crippen molar-refractivity contribution in [1.82, 2.24) is 10.3 Å². The van der Waals surface area contributed by atoms with Crippen LogP contribution in [-0.2, 0) is 13.2 Å². The molecule has 0 saturated carbocycles. The zero-order valence-electron chi connectivity index (χ0n) is 16.6. The maximum absolute atomic E-state index is 12.6. The molecular weight excluding hydrogens is 436 g/mol. The average Bonchev–Trinajstić information content (AvgIpc) is 3.48. The summed E-state index contributed by atoms with van der Waals surface area (Å²) in [7, 11) is 1.54. The van der Waals surface area contributed by atoms with Crippen LogP contribution in [-0.4, -0.2) is 18.0 Å². The van der Waals surface area contributed by atoms with E-state index in [0.29, 0.717) is 40.2 Å². The van der Waals surface area contributed by atoms with Crippen molar-refractivity contribution < 1.29 is 18.7 Å². The first-order valence-electron chi connectivity index (χ1n) is 9.43. The fourth-order valence-corrected chi connectivity index (χ4v) is 3.57. The Bertz CT molecular complexity index is 1160. The summed E-state index contributed by atoms with van der Waals surface area (Å²) in [5.41, 5.74) is 3.97. The fourth-order valence-electron chi connectivity index (χ4n) is 2.90. The van der Waals surface area contributed by atoms with Crippen LogP contribution in [0.2, 0.25) is 5.02 Å². The van der Waals surface area contributed by atoms with Crippen molar-refractivity contribution in [2.24, 2.45) is 0 Å². The molecule has 8 heteroatoms. The molecule has 0 aliphatic carbocycles. The van der Waals surface area contributed by atoms with E-state index in [2.05, 4.69) is 10.3 Å². The van der Waals surface area contributed by atoms with E-state index in [9.17, 15) is 4.79 Å². The van der Waals surface area contributed by atoms with Crippen molar-refractivity contribution in [3.05, 3.63) is 87.5 Å². The summed E-state index contributed by atoms with van der Waals surface area (Å²) in [5.74, 6) is 2.14. The molecule has 1 amide bonds. The lowest BCUT2D eigenvalue weighted by molar-refractivity contribution is 0.0947. The highest BCUT2D eigenvalue weighted by molar-refractivity contribution is 7.07. The van der Waals surface area contributed by atoms with E-state index in [1.54, 1.807) is 35.8 Å². The van der Waals surface area contributed by atoms with Gasteiger partial charge < -0.3 is 19.2 Å². The molecule has 0 unspecified atom stereocenters. The highest BCUT2D eigenvalue weighted by Gasteiger charge is 2.13. The number of furan rings is 1. The minimum absolute atomic E-state index is 0.242. The first-order valence-corrected chi connectivity index (χ1v) is 10.7. The third-order valence-electron chi connectivity index (χ3n) is 4.50. The molecule has 1 N–H and O–H groups in total. The van der Waals surface area contributed by atoms with E-state index in [4.69, 9.17) is 25.5 Å². The third kappa shape index (κ3) is 5.25. The highest BCUT2D eigenvalue weighted by atomic mass is 35.5. The minimum Gasteiger partial charge on any atom is -0.493 e. The molecule has 0 spiro atoms. The molecule has 31 heavy (non-hydrogen) atoms. The number of aromatic nitrogens is 1. The number of nitrogens with one attached hydrogen (secondary N) is 1. The summed E-state index contributed by atoms with van der Waals surface area (Å²) in [6.45, 7) is 0.594. The number of carbonyl (C=O) groups is 1. The topological polar surface area (TPSA) is 73.6 Å². The number of thiazole rings is 1. The molecule has 2 heterocycles. The van der Waals surface area contributed by atoms with Gasteiger partial charge in [0.2, 0.25) is 0 Å². The molecule has 0 fully saturated rings. The number of halogens is 1. The van der Waals surface area contributed by atoms with Crippen molar-refractivity contribution in [1.29, 1.82) is 0 Å². The number of carbonyl (C=O) groups excluding carboxylic acids is 1. The van der Waals surface area contributed by atoms with Crippen LogP contribution in [0.25, 0.3) is 11.3 Å². The summed E-state index contributed by atoms with van der Waals surface area (Å²) in [4.78, 5) is 16.8. The minimum atomic E-state index is -0.242. The molecule has 2 aromatic heterocycles. The predicted molar refractivity (Wildman–Crippen MR) is 120 cm³/mol. The number of hydrogen-bond donors (Lipinski definition) is 1. The third-order valence-corrected chi connectivity index (χ3v) is 5.39. The summed E-state index contributed by atoms with van der Waals surface area (Å²) in [6, 6.07) is 16.1. The molecule has 0 saturated heterocycles. The Balaban J connectivity index is 1.37. The largest absolute Gasteiger partial charge is 0.493 e. The van der Waals surface area contributed by atoms with Crippen molar-refractivity contribution in [3.8, 4) is 22.8 Å². The summed E-state index contributed by atoms with van der Waals surface area (Å²) in [5, 5.41) is 5.44. The van der Waals surface area contributed by atoms with E-state index in [0.717, 1.165) is 11.3 Å². The van der Waals surface area contributed by atoms with Gasteiger partial charge in [-0.3, -0.25) is 4.79 Å². The summed E-state index contributed by atoms with van der Waals surface area (Å²) in [6.07, 6.45) is 0. The van der Waals surface area contributed by atoms with Crippen molar-refractivity contribution in [2.45, 2.75) is 13.2 Å². The van der Waals surface area contributed by atoms with E-state index in [1.807, 2.05) is 29.6 Å². The normalized spacial score (nSPS) is 10.6. The Morgan fingerprint density at radius 2 is 1.97 bits per heavy atom. The van der Waals surface area contributed by atoms with Crippen LogP contribution in [0, 0.1) is 0 Å². The standard InChI is InChI=1S/C23H19ClN2O4S/c1-28-22-10-16(4-8-21(22)29-12-18-13-31-14-26-18)23(27)25-11-19-7-9-20(30-19)15-2-5-17(24)6-3-15/h2-10,13-14H,11-12H2,1H3,(H,25,27). The maximum Gasteiger partial charge on any atom is 0.251 e. The molecule has 4 aromatic rings. The lowest BCUT2D eigenvalue weighted by atomic mass is 10.2. The quantitative estimate of drug-likeness (QED) is 0.376. The Hall–Kier alpha value is -3.29.